The zero-order valence-corrected chi connectivity index (χ0v) is 15.3. The second-order valence-electron chi connectivity index (χ2n) is 5.83. The Bertz CT molecular complexity index is 954. The van der Waals surface area contributed by atoms with Crippen LogP contribution in [0.1, 0.15) is 22.8 Å². The molecule has 10 heteroatoms. The third kappa shape index (κ3) is 4.64. The molecule has 0 unspecified atom stereocenters. The highest BCUT2D eigenvalue weighted by Gasteiger charge is 2.15. The summed E-state index contributed by atoms with van der Waals surface area (Å²) in [5, 5.41) is 11.1. The van der Waals surface area contributed by atoms with Gasteiger partial charge in [0.25, 0.3) is 5.91 Å². The standard InChI is InChI=1S/C18H19F2N5O3/c1-3-24-9-12(7-21-24)10-25-11-14(8-22-25)23-17(26)13-4-5-15(28-18(19)20)16(6-13)27-2/h4-9,11,18H,3,10H2,1-2H3,(H,23,26). The summed E-state index contributed by atoms with van der Waals surface area (Å²) in [6.07, 6.45) is 6.90. The molecule has 1 N–H and O–H groups in total. The fourth-order valence-corrected chi connectivity index (χ4v) is 2.57. The van der Waals surface area contributed by atoms with Crippen molar-refractivity contribution in [3.63, 3.8) is 0 Å². The molecule has 0 aliphatic carbocycles. The Hall–Kier alpha value is -3.43. The lowest BCUT2D eigenvalue weighted by Gasteiger charge is -2.11. The molecule has 0 saturated carbocycles. The second-order valence-corrected chi connectivity index (χ2v) is 5.83. The molecule has 0 aliphatic heterocycles. The fraction of sp³-hybridized carbons (Fsp3) is 0.278. The molecule has 0 radical (unpaired) electrons. The van der Waals surface area contributed by atoms with Crippen molar-refractivity contribution in [2.24, 2.45) is 0 Å². The molecule has 0 fully saturated rings. The van der Waals surface area contributed by atoms with E-state index in [2.05, 4.69) is 20.3 Å². The summed E-state index contributed by atoms with van der Waals surface area (Å²) < 4.78 is 37.6. The Kier molecular flexibility index (Phi) is 5.87. The Morgan fingerprint density at radius 1 is 1.18 bits per heavy atom. The van der Waals surface area contributed by atoms with E-state index in [1.807, 2.05) is 17.8 Å². The van der Waals surface area contributed by atoms with E-state index in [-0.39, 0.29) is 17.1 Å². The lowest BCUT2D eigenvalue weighted by atomic mass is 10.2. The Morgan fingerprint density at radius 2 is 1.96 bits per heavy atom. The van der Waals surface area contributed by atoms with Crippen molar-refractivity contribution in [1.82, 2.24) is 19.6 Å². The number of hydrogen-bond acceptors (Lipinski definition) is 5. The Labute approximate surface area is 159 Å². The van der Waals surface area contributed by atoms with Crippen molar-refractivity contribution in [2.45, 2.75) is 26.6 Å². The van der Waals surface area contributed by atoms with Crippen molar-refractivity contribution in [1.29, 1.82) is 0 Å². The lowest BCUT2D eigenvalue weighted by Crippen LogP contribution is -2.12. The van der Waals surface area contributed by atoms with E-state index in [0.29, 0.717) is 12.2 Å². The topological polar surface area (TPSA) is 83.2 Å². The van der Waals surface area contributed by atoms with E-state index >= 15 is 0 Å². The zero-order chi connectivity index (χ0) is 20.1. The molecule has 148 valence electrons. The molecule has 3 rings (SSSR count). The van der Waals surface area contributed by atoms with E-state index < -0.39 is 12.5 Å². The van der Waals surface area contributed by atoms with Crippen molar-refractivity contribution < 1.29 is 23.0 Å². The predicted octanol–water partition coefficient (Wildman–Crippen LogP) is 3.01. The van der Waals surface area contributed by atoms with Gasteiger partial charge < -0.3 is 14.8 Å². The molecule has 0 atom stereocenters. The van der Waals surface area contributed by atoms with Gasteiger partial charge in [-0.1, -0.05) is 0 Å². The molecule has 3 aromatic rings. The number of rotatable bonds is 8. The minimum atomic E-state index is -2.98. The van der Waals surface area contributed by atoms with Crippen LogP contribution in [0.25, 0.3) is 0 Å². The fourth-order valence-electron chi connectivity index (χ4n) is 2.57. The van der Waals surface area contributed by atoms with Gasteiger partial charge in [-0.3, -0.25) is 14.2 Å². The number of amides is 1. The molecule has 8 nitrogen and oxygen atoms in total. The number of anilines is 1. The van der Waals surface area contributed by atoms with E-state index in [1.165, 1.54) is 31.5 Å². The number of benzene rings is 1. The SMILES string of the molecule is CCn1cc(Cn2cc(NC(=O)c3ccc(OC(F)F)c(OC)c3)cn2)cn1. The first kappa shape index (κ1) is 19.3. The van der Waals surface area contributed by atoms with Crippen LogP contribution in [0.5, 0.6) is 11.5 Å². The molecule has 2 heterocycles. The summed E-state index contributed by atoms with van der Waals surface area (Å²) >= 11 is 0. The monoisotopic (exact) mass is 391 g/mol. The van der Waals surface area contributed by atoms with Crippen LogP contribution in [0, 0.1) is 0 Å². The molecule has 28 heavy (non-hydrogen) atoms. The number of nitrogens with one attached hydrogen (secondary N) is 1. The average molecular weight is 391 g/mol. The van der Waals surface area contributed by atoms with E-state index in [9.17, 15) is 13.6 Å². The number of ether oxygens (including phenoxy) is 2. The van der Waals surface area contributed by atoms with Crippen LogP contribution >= 0.6 is 0 Å². The Morgan fingerprint density at radius 3 is 2.64 bits per heavy atom. The predicted molar refractivity (Wildman–Crippen MR) is 96.8 cm³/mol. The largest absolute Gasteiger partial charge is 0.493 e. The van der Waals surface area contributed by atoms with Gasteiger partial charge in [-0.2, -0.15) is 19.0 Å². The highest BCUT2D eigenvalue weighted by molar-refractivity contribution is 6.04. The highest BCUT2D eigenvalue weighted by Crippen LogP contribution is 2.29. The van der Waals surface area contributed by atoms with Crippen LogP contribution in [0.2, 0.25) is 0 Å². The number of methoxy groups -OCH3 is 1. The van der Waals surface area contributed by atoms with Gasteiger partial charge in [0.05, 0.1) is 31.7 Å². The summed E-state index contributed by atoms with van der Waals surface area (Å²) in [5.41, 5.74) is 1.72. The first-order chi connectivity index (χ1) is 13.5. The molecule has 0 spiro atoms. The maximum absolute atomic E-state index is 12.4. The normalized spacial score (nSPS) is 10.9. The summed E-state index contributed by atoms with van der Waals surface area (Å²) in [6, 6.07) is 3.96. The van der Waals surface area contributed by atoms with Gasteiger partial charge in [-0.25, -0.2) is 0 Å². The molecule has 0 bridgehead atoms. The summed E-state index contributed by atoms with van der Waals surface area (Å²) in [5.74, 6) is -0.536. The van der Waals surface area contributed by atoms with Gasteiger partial charge >= 0.3 is 6.61 Å². The molecule has 0 aliphatic rings. The van der Waals surface area contributed by atoms with Crippen LogP contribution < -0.4 is 14.8 Å². The summed E-state index contributed by atoms with van der Waals surface area (Å²) in [4.78, 5) is 12.4. The number of carbonyl (C=O) groups is 1. The van der Waals surface area contributed by atoms with Crippen LogP contribution in [-0.2, 0) is 13.1 Å². The second kappa shape index (κ2) is 8.51. The van der Waals surface area contributed by atoms with Crippen molar-refractivity contribution in [3.8, 4) is 11.5 Å². The number of nitrogens with zero attached hydrogens (tertiary/aromatic N) is 4. The average Bonchev–Trinajstić information content (AvgIpc) is 3.31. The number of aromatic nitrogens is 4. The van der Waals surface area contributed by atoms with Gasteiger partial charge in [-0.05, 0) is 25.1 Å². The van der Waals surface area contributed by atoms with Crippen LogP contribution in [-0.4, -0.2) is 39.2 Å². The number of aryl methyl sites for hydroxylation is 1. The number of halogens is 2. The van der Waals surface area contributed by atoms with Crippen LogP contribution in [0.4, 0.5) is 14.5 Å². The van der Waals surface area contributed by atoms with Crippen molar-refractivity contribution in [3.05, 3.63) is 54.1 Å². The van der Waals surface area contributed by atoms with Gasteiger partial charge in [0, 0.05) is 30.1 Å². The zero-order valence-electron chi connectivity index (χ0n) is 15.3. The summed E-state index contributed by atoms with van der Waals surface area (Å²) in [7, 11) is 1.31. The molecule has 1 amide bonds. The van der Waals surface area contributed by atoms with Gasteiger partial charge in [0.2, 0.25) is 0 Å². The van der Waals surface area contributed by atoms with E-state index in [0.717, 1.165) is 12.1 Å². The maximum Gasteiger partial charge on any atom is 0.387 e. The quantitative estimate of drug-likeness (QED) is 0.638. The van der Waals surface area contributed by atoms with Crippen molar-refractivity contribution >= 4 is 11.6 Å². The van der Waals surface area contributed by atoms with Gasteiger partial charge in [0.1, 0.15) is 0 Å². The van der Waals surface area contributed by atoms with Crippen molar-refractivity contribution in [2.75, 3.05) is 12.4 Å². The molecule has 1 aromatic carbocycles. The lowest BCUT2D eigenvalue weighted by molar-refractivity contribution is -0.0512. The third-order valence-electron chi connectivity index (χ3n) is 3.89. The number of carbonyl (C=O) groups excluding carboxylic acids is 1. The number of hydrogen-bond donors (Lipinski definition) is 1. The third-order valence-corrected chi connectivity index (χ3v) is 3.89. The van der Waals surface area contributed by atoms with Gasteiger partial charge in [0.15, 0.2) is 11.5 Å². The van der Waals surface area contributed by atoms with Crippen LogP contribution in [0.15, 0.2) is 43.0 Å². The molecular weight excluding hydrogens is 372 g/mol. The molecule has 0 saturated heterocycles. The van der Waals surface area contributed by atoms with Crippen LogP contribution in [0.3, 0.4) is 0 Å². The number of alkyl halides is 2. The maximum atomic E-state index is 12.4. The first-order valence-corrected chi connectivity index (χ1v) is 8.46. The van der Waals surface area contributed by atoms with Gasteiger partial charge in [-0.15, -0.1) is 0 Å². The van der Waals surface area contributed by atoms with E-state index in [4.69, 9.17) is 4.74 Å². The highest BCUT2D eigenvalue weighted by atomic mass is 19.3. The smallest absolute Gasteiger partial charge is 0.387 e. The van der Waals surface area contributed by atoms with E-state index in [1.54, 1.807) is 17.1 Å². The summed E-state index contributed by atoms with van der Waals surface area (Å²) in [6.45, 7) is 0.317. The molecule has 2 aromatic heterocycles. The minimum absolute atomic E-state index is 0.0385. The first-order valence-electron chi connectivity index (χ1n) is 8.46. The minimum Gasteiger partial charge on any atom is -0.493 e. The Balaban J connectivity index is 1.67. The molecular formula is C18H19F2N5O3.